The molecule has 6 heteroatoms. The lowest BCUT2D eigenvalue weighted by molar-refractivity contribution is 0.169. The van der Waals surface area contributed by atoms with E-state index < -0.39 is 6.10 Å². The summed E-state index contributed by atoms with van der Waals surface area (Å²) in [5.41, 5.74) is 2.36. The molecule has 1 atom stereocenters. The van der Waals surface area contributed by atoms with Crippen LogP contribution in [0.1, 0.15) is 23.1 Å². The van der Waals surface area contributed by atoms with Crippen molar-refractivity contribution in [2.24, 2.45) is 0 Å². The van der Waals surface area contributed by atoms with Gasteiger partial charge in [-0.3, -0.25) is 9.67 Å². The molecular formula is C13H16BrN3O2. The second-order valence-electron chi connectivity index (χ2n) is 4.25. The van der Waals surface area contributed by atoms with E-state index >= 15 is 0 Å². The number of halogens is 1. The average Bonchev–Trinajstić information content (AvgIpc) is 2.76. The number of hydrogen-bond donors (Lipinski definition) is 1. The molecule has 0 radical (unpaired) electrons. The van der Waals surface area contributed by atoms with Crippen molar-refractivity contribution in [1.82, 2.24) is 14.8 Å². The Morgan fingerprint density at radius 2 is 2.32 bits per heavy atom. The molecule has 5 nitrogen and oxygen atoms in total. The van der Waals surface area contributed by atoms with Crippen molar-refractivity contribution in [3.8, 4) is 0 Å². The van der Waals surface area contributed by atoms with Gasteiger partial charge in [-0.25, -0.2) is 0 Å². The van der Waals surface area contributed by atoms with Gasteiger partial charge in [-0.15, -0.1) is 0 Å². The molecule has 2 heterocycles. The number of aromatic nitrogens is 3. The average molecular weight is 326 g/mol. The van der Waals surface area contributed by atoms with Crippen LogP contribution in [0.3, 0.4) is 0 Å². The zero-order valence-electron chi connectivity index (χ0n) is 10.9. The molecule has 102 valence electrons. The molecule has 0 aliphatic rings. The Hall–Kier alpha value is -1.24. The number of rotatable bonds is 5. The predicted molar refractivity (Wildman–Crippen MR) is 74.8 cm³/mol. The highest BCUT2D eigenvalue weighted by atomic mass is 79.9. The molecule has 1 unspecified atom stereocenters. The molecule has 0 bridgehead atoms. The fourth-order valence-corrected chi connectivity index (χ4v) is 2.36. The lowest BCUT2D eigenvalue weighted by atomic mass is 10.1. The van der Waals surface area contributed by atoms with Gasteiger partial charge in [0.15, 0.2) is 0 Å². The van der Waals surface area contributed by atoms with E-state index in [4.69, 9.17) is 4.74 Å². The minimum Gasteiger partial charge on any atom is -0.383 e. The molecule has 2 aromatic rings. The Labute approximate surface area is 120 Å². The predicted octanol–water partition coefficient (Wildman–Crippen LogP) is 2.08. The lowest BCUT2D eigenvalue weighted by Gasteiger charge is -2.14. The Balaban J connectivity index is 2.32. The Morgan fingerprint density at radius 1 is 1.53 bits per heavy atom. The lowest BCUT2D eigenvalue weighted by Crippen LogP contribution is -2.14. The normalized spacial score (nSPS) is 12.6. The molecule has 0 saturated carbocycles. The fraction of sp³-hybridized carbons (Fsp3) is 0.385. The summed E-state index contributed by atoms with van der Waals surface area (Å²) in [5, 5.41) is 14.7. The SMILES string of the molecule is COCCn1ncc(Br)c1C(O)c1cc(C)ccn1. The van der Waals surface area contributed by atoms with Crippen LogP contribution in [0.25, 0.3) is 0 Å². The van der Waals surface area contributed by atoms with Gasteiger partial charge in [-0.2, -0.15) is 5.10 Å². The van der Waals surface area contributed by atoms with Gasteiger partial charge in [0, 0.05) is 13.3 Å². The van der Waals surface area contributed by atoms with Crippen LogP contribution in [0, 0.1) is 6.92 Å². The summed E-state index contributed by atoms with van der Waals surface area (Å²) in [6.07, 6.45) is 2.55. The van der Waals surface area contributed by atoms with Gasteiger partial charge in [0.1, 0.15) is 6.10 Å². The number of methoxy groups -OCH3 is 1. The second kappa shape index (κ2) is 6.27. The van der Waals surface area contributed by atoms with Gasteiger partial charge >= 0.3 is 0 Å². The van der Waals surface area contributed by atoms with Crippen molar-refractivity contribution in [3.05, 3.63) is 46.0 Å². The number of ether oxygens (including phenoxy) is 1. The van der Waals surface area contributed by atoms with Crippen molar-refractivity contribution < 1.29 is 9.84 Å². The molecule has 19 heavy (non-hydrogen) atoms. The number of aryl methyl sites for hydroxylation is 1. The van der Waals surface area contributed by atoms with Gasteiger partial charge in [-0.1, -0.05) is 0 Å². The monoisotopic (exact) mass is 325 g/mol. The van der Waals surface area contributed by atoms with E-state index in [0.717, 1.165) is 10.0 Å². The topological polar surface area (TPSA) is 60.2 Å². The molecule has 0 aromatic carbocycles. The molecule has 0 aliphatic carbocycles. The number of aliphatic hydroxyl groups is 1. The third-order valence-electron chi connectivity index (χ3n) is 2.82. The quantitative estimate of drug-likeness (QED) is 0.914. The van der Waals surface area contributed by atoms with Crippen LogP contribution in [0.4, 0.5) is 0 Å². The van der Waals surface area contributed by atoms with E-state index in [9.17, 15) is 5.11 Å². The van der Waals surface area contributed by atoms with Crippen molar-refractivity contribution in [3.63, 3.8) is 0 Å². The smallest absolute Gasteiger partial charge is 0.139 e. The summed E-state index contributed by atoms with van der Waals surface area (Å²) in [6, 6.07) is 3.76. The standard InChI is InChI=1S/C13H16BrN3O2/c1-9-3-4-15-11(7-9)13(18)12-10(14)8-16-17(12)5-6-19-2/h3-4,7-8,13,18H,5-6H2,1-2H3. The first-order valence-electron chi connectivity index (χ1n) is 5.94. The van der Waals surface area contributed by atoms with Gasteiger partial charge in [0.25, 0.3) is 0 Å². The maximum Gasteiger partial charge on any atom is 0.139 e. The summed E-state index contributed by atoms with van der Waals surface area (Å²) in [7, 11) is 1.64. The molecular weight excluding hydrogens is 310 g/mol. The minimum absolute atomic E-state index is 0.537. The number of nitrogens with zero attached hydrogens (tertiary/aromatic N) is 3. The first kappa shape index (κ1) is 14.2. The first-order valence-corrected chi connectivity index (χ1v) is 6.73. The highest BCUT2D eigenvalue weighted by Gasteiger charge is 2.20. The maximum atomic E-state index is 10.5. The highest BCUT2D eigenvalue weighted by Crippen LogP contribution is 2.27. The summed E-state index contributed by atoms with van der Waals surface area (Å²) < 4.78 is 7.53. The van der Waals surface area contributed by atoms with Crippen molar-refractivity contribution in [1.29, 1.82) is 0 Å². The number of pyridine rings is 1. The maximum absolute atomic E-state index is 10.5. The van der Waals surface area contributed by atoms with Crippen LogP contribution in [0.2, 0.25) is 0 Å². The molecule has 2 aromatic heterocycles. The van der Waals surface area contributed by atoms with E-state index in [2.05, 4.69) is 26.0 Å². The largest absolute Gasteiger partial charge is 0.383 e. The summed E-state index contributed by atoms with van der Waals surface area (Å²) in [5.74, 6) is 0. The minimum atomic E-state index is -0.811. The van der Waals surface area contributed by atoms with E-state index in [1.54, 1.807) is 24.2 Å². The zero-order chi connectivity index (χ0) is 13.8. The third kappa shape index (κ3) is 3.20. The highest BCUT2D eigenvalue weighted by molar-refractivity contribution is 9.10. The van der Waals surface area contributed by atoms with Crippen molar-refractivity contribution in [2.45, 2.75) is 19.6 Å². The van der Waals surface area contributed by atoms with Gasteiger partial charge in [0.2, 0.25) is 0 Å². The van der Waals surface area contributed by atoms with E-state index in [-0.39, 0.29) is 0 Å². The second-order valence-corrected chi connectivity index (χ2v) is 5.11. The van der Waals surface area contributed by atoms with E-state index in [1.807, 2.05) is 19.1 Å². The van der Waals surface area contributed by atoms with Crippen LogP contribution in [-0.4, -0.2) is 33.6 Å². The molecule has 2 rings (SSSR count). The zero-order valence-corrected chi connectivity index (χ0v) is 12.5. The van der Waals surface area contributed by atoms with Gasteiger partial charge < -0.3 is 9.84 Å². The third-order valence-corrected chi connectivity index (χ3v) is 3.43. The first-order chi connectivity index (χ1) is 9.13. The number of hydrogen-bond acceptors (Lipinski definition) is 4. The molecule has 0 amide bonds. The molecule has 0 spiro atoms. The van der Waals surface area contributed by atoms with E-state index in [0.29, 0.717) is 24.5 Å². The Kier molecular flexibility index (Phi) is 4.68. The van der Waals surface area contributed by atoms with Crippen LogP contribution < -0.4 is 0 Å². The van der Waals surface area contributed by atoms with Crippen LogP contribution in [0.5, 0.6) is 0 Å². The number of aliphatic hydroxyl groups excluding tert-OH is 1. The summed E-state index contributed by atoms with van der Waals surface area (Å²) in [4.78, 5) is 4.21. The Bertz CT molecular complexity index is 557. The molecule has 0 saturated heterocycles. The van der Waals surface area contributed by atoms with Crippen LogP contribution in [0.15, 0.2) is 29.0 Å². The summed E-state index contributed by atoms with van der Waals surface area (Å²) in [6.45, 7) is 3.09. The van der Waals surface area contributed by atoms with Crippen LogP contribution in [-0.2, 0) is 11.3 Å². The molecule has 0 fully saturated rings. The molecule has 1 N–H and O–H groups in total. The van der Waals surface area contributed by atoms with Gasteiger partial charge in [0.05, 0.1) is 35.2 Å². The van der Waals surface area contributed by atoms with E-state index in [1.165, 1.54) is 0 Å². The Morgan fingerprint density at radius 3 is 3.00 bits per heavy atom. The van der Waals surface area contributed by atoms with Crippen LogP contribution >= 0.6 is 15.9 Å². The van der Waals surface area contributed by atoms with Crippen molar-refractivity contribution >= 4 is 15.9 Å². The molecule has 0 aliphatic heterocycles. The van der Waals surface area contributed by atoms with Crippen molar-refractivity contribution in [2.75, 3.05) is 13.7 Å². The van der Waals surface area contributed by atoms with Gasteiger partial charge in [-0.05, 0) is 40.5 Å². The summed E-state index contributed by atoms with van der Waals surface area (Å²) >= 11 is 3.41. The fourth-order valence-electron chi connectivity index (χ4n) is 1.85.